The number of benzene rings is 1. The molecular formula is C13H19NO5S. The van der Waals surface area contributed by atoms with E-state index in [-0.39, 0.29) is 17.5 Å². The molecule has 1 N–H and O–H groups in total. The van der Waals surface area contributed by atoms with Crippen molar-refractivity contribution < 1.29 is 22.7 Å². The largest absolute Gasteiger partial charge is 0.482 e. The van der Waals surface area contributed by atoms with Crippen LogP contribution < -0.4 is 9.46 Å². The highest BCUT2D eigenvalue weighted by molar-refractivity contribution is 7.89. The van der Waals surface area contributed by atoms with Crippen molar-refractivity contribution in [3.05, 3.63) is 24.3 Å². The molecule has 0 aliphatic heterocycles. The number of hydrogen-bond acceptors (Lipinski definition) is 5. The lowest BCUT2D eigenvalue weighted by Gasteiger charge is -2.12. The highest BCUT2D eigenvalue weighted by Crippen LogP contribution is 2.16. The summed E-state index contributed by atoms with van der Waals surface area (Å²) >= 11 is 0. The first-order chi connectivity index (χ1) is 9.39. The van der Waals surface area contributed by atoms with Gasteiger partial charge in [-0.25, -0.2) is 17.9 Å². The lowest BCUT2D eigenvalue weighted by atomic mass is 10.3. The summed E-state index contributed by atoms with van der Waals surface area (Å²) in [6.07, 6.45) is 0.708. The normalized spacial score (nSPS) is 12.8. The fourth-order valence-corrected chi connectivity index (χ4v) is 2.66. The molecule has 0 spiro atoms. The standard InChI is InChI=1S/C13H19NO5S/c1-4-10(2)14-20(16,17)12-7-5-11(6-8-12)19-9-13(15)18-3/h5-8,10,14H,4,9H2,1-3H3/t10-/m1/s1. The minimum absolute atomic E-state index is 0.129. The summed E-state index contributed by atoms with van der Waals surface area (Å²) in [4.78, 5) is 11.1. The average Bonchev–Trinajstić information content (AvgIpc) is 2.44. The van der Waals surface area contributed by atoms with Gasteiger partial charge in [-0.3, -0.25) is 0 Å². The van der Waals surface area contributed by atoms with Crippen molar-refractivity contribution in [3.8, 4) is 5.75 Å². The molecule has 0 bridgehead atoms. The Morgan fingerprint density at radius 1 is 1.30 bits per heavy atom. The third-order valence-corrected chi connectivity index (χ3v) is 4.29. The maximum atomic E-state index is 12.0. The zero-order valence-electron chi connectivity index (χ0n) is 11.8. The second kappa shape index (κ2) is 7.25. The molecule has 1 aromatic rings. The number of carbonyl (C=O) groups excluding carboxylic acids is 1. The van der Waals surface area contributed by atoms with Gasteiger partial charge in [-0.2, -0.15) is 0 Å². The monoisotopic (exact) mass is 301 g/mol. The topological polar surface area (TPSA) is 81.7 Å². The van der Waals surface area contributed by atoms with Gasteiger partial charge in [0.1, 0.15) is 5.75 Å². The van der Waals surface area contributed by atoms with E-state index in [2.05, 4.69) is 9.46 Å². The molecule has 0 aromatic heterocycles. The maximum Gasteiger partial charge on any atom is 0.343 e. The van der Waals surface area contributed by atoms with Gasteiger partial charge in [-0.1, -0.05) is 6.92 Å². The van der Waals surface area contributed by atoms with Gasteiger partial charge in [0.05, 0.1) is 12.0 Å². The SMILES string of the molecule is CC[C@@H](C)NS(=O)(=O)c1ccc(OCC(=O)OC)cc1. The highest BCUT2D eigenvalue weighted by atomic mass is 32.2. The number of sulfonamides is 1. The smallest absolute Gasteiger partial charge is 0.343 e. The molecule has 0 aliphatic carbocycles. The molecule has 6 nitrogen and oxygen atoms in total. The third kappa shape index (κ3) is 4.82. The molecule has 0 heterocycles. The van der Waals surface area contributed by atoms with Crippen LogP contribution in [-0.2, 0) is 19.6 Å². The Kier molecular flexibility index (Phi) is 5.97. The molecule has 1 atom stereocenters. The molecule has 0 amide bonds. The van der Waals surface area contributed by atoms with Gasteiger partial charge in [0.25, 0.3) is 0 Å². The van der Waals surface area contributed by atoms with Crippen LogP contribution in [-0.4, -0.2) is 34.1 Å². The molecule has 0 saturated heterocycles. The summed E-state index contributed by atoms with van der Waals surface area (Å²) < 4.78 is 36.1. The Morgan fingerprint density at radius 3 is 2.40 bits per heavy atom. The van der Waals surface area contributed by atoms with E-state index in [0.29, 0.717) is 12.2 Å². The number of carbonyl (C=O) groups is 1. The molecule has 0 radical (unpaired) electrons. The zero-order valence-corrected chi connectivity index (χ0v) is 12.6. The Hall–Kier alpha value is -1.60. The van der Waals surface area contributed by atoms with Crippen LogP contribution in [0.15, 0.2) is 29.2 Å². The third-order valence-electron chi connectivity index (χ3n) is 2.69. The van der Waals surface area contributed by atoms with E-state index in [1.807, 2.05) is 6.92 Å². The summed E-state index contributed by atoms with van der Waals surface area (Å²) in [5.74, 6) is -0.0991. The van der Waals surface area contributed by atoms with Crippen molar-refractivity contribution in [1.29, 1.82) is 0 Å². The predicted octanol–water partition coefficient (Wildman–Crippen LogP) is 1.32. The maximum absolute atomic E-state index is 12.0. The van der Waals surface area contributed by atoms with Crippen LogP contribution >= 0.6 is 0 Å². The van der Waals surface area contributed by atoms with E-state index in [0.717, 1.165) is 0 Å². The van der Waals surface area contributed by atoms with Gasteiger partial charge in [0.2, 0.25) is 10.0 Å². The van der Waals surface area contributed by atoms with Gasteiger partial charge in [-0.05, 0) is 37.6 Å². The number of ether oxygens (including phenoxy) is 2. The number of rotatable bonds is 7. The summed E-state index contributed by atoms with van der Waals surface area (Å²) in [5, 5.41) is 0. The summed E-state index contributed by atoms with van der Waals surface area (Å²) in [6, 6.07) is 5.71. The van der Waals surface area contributed by atoms with E-state index in [1.165, 1.54) is 31.4 Å². The summed E-state index contributed by atoms with van der Waals surface area (Å²) in [7, 11) is -2.26. The van der Waals surface area contributed by atoms with Gasteiger partial charge in [0.15, 0.2) is 6.61 Å². The molecule has 20 heavy (non-hydrogen) atoms. The highest BCUT2D eigenvalue weighted by Gasteiger charge is 2.16. The second-order valence-corrected chi connectivity index (χ2v) is 5.98. The number of esters is 1. The average molecular weight is 301 g/mol. The van der Waals surface area contributed by atoms with Crippen molar-refractivity contribution in [3.63, 3.8) is 0 Å². The van der Waals surface area contributed by atoms with Crippen LogP contribution in [0.4, 0.5) is 0 Å². The van der Waals surface area contributed by atoms with Gasteiger partial charge >= 0.3 is 5.97 Å². The molecule has 7 heteroatoms. The molecular weight excluding hydrogens is 282 g/mol. The minimum Gasteiger partial charge on any atom is -0.482 e. The van der Waals surface area contributed by atoms with E-state index in [4.69, 9.17) is 4.74 Å². The van der Waals surface area contributed by atoms with E-state index < -0.39 is 16.0 Å². The second-order valence-electron chi connectivity index (χ2n) is 4.27. The molecule has 0 unspecified atom stereocenters. The van der Waals surface area contributed by atoms with Crippen molar-refractivity contribution >= 4 is 16.0 Å². The predicted molar refractivity (Wildman–Crippen MR) is 74.0 cm³/mol. The molecule has 112 valence electrons. The van der Waals surface area contributed by atoms with Gasteiger partial charge in [-0.15, -0.1) is 0 Å². The minimum atomic E-state index is -3.52. The molecule has 0 aliphatic rings. The summed E-state index contributed by atoms with van der Waals surface area (Å²) in [5.41, 5.74) is 0. The number of hydrogen-bond donors (Lipinski definition) is 1. The number of nitrogens with one attached hydrogen (secondary N) is 1. The first-order valence-corrected chi connectivity index (χ1v) is 7.69. The molecule has 0 saturated carbocycles. The van der Waals surface area contributed by atoms with E-state index in [9.17, 15) is 13.2 Å². The first kappa shape index (κ1) is 16.5. The van der Waals surface area contributed by atoms with Crippen molar-refractivity contribution in [1.82, 2.24) is 4.72 Å². The molecule has 1 aromatic carbocycles. The van der Waals surface area contributed by atoms with E-state index >= 15 is 0 Å². The Morgan fingerprint density at radius 2 is 1.90 bits per heavy atom. The Labute approximate surface area is 119 Å². The van der Waals surface area contributed by atoms with Crippen LogP contribution in [0.3, 0.4) is 0 Å². The van der Waals surface area contributed by atoms with Gasteiger partial charge < -0.3 is 9.47 Å². The van der Waals surface area contributed by atoms with Gasteiger partial charge in [0, 0.05) is 6.04 Å². The van der Waals surface area contributed by atoms with Crippen molar-refractivity contribution in [2.75, 3.05) is 13.7 Å². The lowest BCUT2D eigenvalue weighted by Crippen LogP contribution is -2.31. The first-order valence-electron chi connectivity index (χ1n) is 6.21. The van der Waals surface area contributed by atoms with Crippen molar-refractivity contribution in [2.24, 2.45) is 0 Å². The quantitative estimate of drug-likeness (QED) is 0.768. The zero-order chi connectivity index (χ0) is 15.2. The molecule has 0 fully saturated rings. The lowest BCUT2D eigenvalue weighted by molar-refractivity contribution is -0.142. The molecule has 1 rings (SSSR count). The van der Waals surface area contributed by atoms with Crippen LogP contribution in [0.2, 0.25) is 0 Å². The Bertz CT molecular complexity index is 538. The van der Waals surface area contributed by atoms with Crippen LogP contribution in [0, 0.1) is 0 Å². The number of methoxy groups -OCH3 is 1. The van der Waals surface area contributed by atoms with Crippen LogP contribution in [0.25, 0.3) is 0 Å². The fraction of sp³-hybridized carbons (Fsp3) is 0.462. The van der Waals surface area contributed by atoms with E-state index in [1.54, 1.807) is 6.92 Å². The fourth-order valence-electron chi connectivity index (χ4n) is 1.33. The summed E-state index contributed by atoms with van der Waals surface area (Å²) in [6.45, 7) is 3.48. The van der Waals surface area contributed by atoms with Crippen LogP contribution in [0.5, 0.6) is 5.75 Å². The van der Waals surface area contributed by atoms with Crippen LogP contribution in [0.1, 0.15) is 20.3 Å². The Balaban J connectivity index is 2.73. The van der Waals surface area contributed by atoms with Crippen molar-refractivity contribution in [2.45, 2.75) is 31.2 Å².